The maximum atomic E-state index is 5.59. The van der Waals surface area contributed by atoms with Gasteiger partial charge in [0.2, 0.25) is 0 Å². The zero-order chi connectivity index (χ0) is 14.8. The van der Waals surface area contributed by atoms with Crippen LogP contribution in [0.1, 0.15) is 49.9 Å². The van der Waals surface area contributed by atoms with Crippen molar-refractivity contribution in [1.29, 1.82) is 0 Å². The zero-order valence-electron chi connectivity index (χ0n) is 13.0. The lowest BCUT2D eigenvalue weighted by Crippen LogP contribution is -2.35. The molecule has 0 amide bonds. The number of nitrogens with zero attached hydrogens (tertiary/aromatic N) is 3. The van der Waals surface area contributed by atoms with Crippen LogP contribution >= 0.6 is 0 Å². The molecule has 21 heavy (non-hydrogen) atoms. The molecule has 1 aromatic rings. The summed E-state index contributed by atoms with van der Waals surface area (Å²) in [4.78, 5) is 11.8. The fraction of sp³-hybridized carbons (Fsp3) is 0.733. The Morgan fingerprint density at radius 1 is 1.24 bits per heavy atom. The second-order valence-electron chi connectivity index (χ2n) is 6.13. The summed E-state index contributed by atoms with van der Waals surface area (Å²) in [6, 6.07) is 0.614. The Morgan fingerprint density at radius 3 is 2.67 bits per heavy atom. The lowest BCUT2D eigenvalue weighted by molar-refractivity contribution is 0.277. The molecule has 1 aromatic heterocycles. The van der Waals surface area contributed by atoms with E-state index in [-0.39, 0.29) is 0 Å². The van der Waals surface area contributed by atoms with Crippen molar-refractivity contribution in [2.75, 3.05) is 30.4 Å². The summed E-state index contributed by atoms with van der Waals surface area (Å²) in [7, 11) is 0. The lowest BCUT2D eigenvalue weighted by Gasteiger charge is -2.24. The molecule has 0 spiro atoms. The van der Waals surface area contributed by atoms with Gasteiger partial charge in [-0.1, -0.05) is 6.92 Å². The standard InChI is InChI=1S/C15H26N6/c1-3-21-8-4-5-12(21)9-17-13-10(2)14(20-16)19-15(18-13)11-6-7-11/h11-12H,3-9,16H2,1-2H3,(H2,17,18,19,20). The van der Waals surface area contributed by atoms with Crippen molar-refractivity contribution in [3.63, 3.8) is 0 Å². The van der Waals surface area contributed by atoms with Gasteiger partial charge in [-0.05, 0) is 45.7 Å². The molecule has 116 valence electrons. The second-order valence-corrected chi connectivity index (χ2v) is 6.13. The number of hydrazine groups is 1. The van der Waals surface area contributed by atoms with E-state index in [0.29, 0.717) is 12.0 Å². The summed E-state index contributed by atoms with van der Waals surface area (Å²) in [5.74, 6) is 8.72. The smallest absolute Gasteiger partial charge is 0.148 e. The first-order valence-corrected chi connectivity index (χ1v) is 8.06. The molecule has 1 saturated heterocycles. The number of nitrogen functional groups attached to an aromatic ring is 1. The predicted octanol–water partition coefficient (Wildman–Crippen LogP) is 1.84. The van der Waals surface area contributed by atoms with Gasteiger partial charge < -0.3 is 10.7 Å². The molecule has 0 bridgehead atoms. The minimum absolute atomic E-state index is 0.525. The molecule has 1 aliphatic carbocycles. The highest BCUT2D eigenvalue weighted by Gasteiger charge is 2.28. The molecule has 2 aliphatic rings. The Labute approximate surface area is 126 Å². The molecule has 4 N–H and O–H groups in total. The summed E-state index contributed by atoms with van der Waals surface area (Å²) in [5.41, 5.74) is 3.71. The predicted molar refractivity (Wildman–Crippen MR) is 85.3 cm³/mol. The molecule has 1 saturated carbocycles. The quantitative estimate of drug-likeness (QED) is 0.548. The van der Waals surface area contributed by atoms with Crippen molar-refractivity contribution in [3.8, 4) is 0 Å². The van der Waals surface area contributed by atoms with E-state index in [9.17, 15) is 0 Å². The number of nitrogens with two attached hydrogens (primary N) is 1. The molecule has 6 nitrogen and oxygen atoms in total. The maximum absolute atomic E-state index is 5.59. The normalized spacial score (nSPS) is 22.5. The van der Waals surface area contributed by atoms with Crippen LogP contribution in [0.4, 0.5) is 11.6 Å². The number of anilines is 2. The molecule has 0 radical (unpaired) electrons. The molecule has 1 atom stereocenters. The molecule has 0 aromatic carbocycles. The summed E-state index contributed by atoms with van der Waals surface area (Å²) in [5, 5.41) is 3.53. The Balaban J connectivity index is 1.73. The van der Waals surface area contributed by atoms with E-state index < -0.39 is 0 Å². The van der Waals surface area contributed by atoms with Gasteiger partial charge >= 0.3 is 0 Å². The van der Waals surface area contributed by atoms with E-state index in [1.54, 1.807) is 0 Å². The number of nitrogens with one attached hydrogen (secondary N) is 2. The van der Waals surface area contributed by atoms with Crippen LogP contribution in [0.15, 0.2) is 0 Å². The average molecular weight is 290 g/mol. The second kappa shape index (κ2) is 6.15. The van der Waals surface area contributed by atoms with Gasteiger partial charge in [0.15, 0.2) is 0 Å². The fourth-order valence-electron chi connectivity index (χ4n) is 3.13. The molecule has 2 heterocycles. The molecule has 6 heteroatoms. The topological polar surface area (TPSA) is 79.1 Å². The van der Waals surface area contributed by atoms with Crippen LogP contribution in [0, 0.1) is 6.92 Å². The van der Waals surface area contributed by atoms with E-state index in [1.807, 2.05) is 6.92 Å². The van der Waals surface area contributed by atoms with Crippen molar-refractivity contribution in [2.24, 2.45) is 5.84 Å². The number of likely N-dealkylation sites (tertiary alicyclic amines) is 1. The van der Waals surface area contributed by atoms with E-state index in [2.05, 4.69) is 27.6 Å². The van der Waals surface area contributed by atoms with Crippen molar-refractivity contribution in [3.05, 3.63) is 11.4 Å². The van der Waals surface area contributed by atoms with Crippen LogP contribution < -0.4 is 16.6 Å². The largest absolute Gasteiger partial charge is 0.368 e. The van der Waals surface area contributed by atoms with Gasteiger partial charge in [-0.2, -0.15) is 0 Å². The van der Waals surface area contributed by atoms with E-state index in [4.69, 9.17) is 10.8 Å². The Kier molecular flexibility index (Phi) is 4.26. The molecule has 2 fully saturated rings. The van der Waals surface area contributed by atoms with Crippen molar-refractivity contribution >= 4 is 11.6 Å². The molecular formula is C15H26N6. The third-order valence-electron chi connectivity index (χ3n) is 4.65. The van der Waals surface area contributed by atoms with Crippen LogP contribution in [-0.4, -0.2) is 40.5 Å². The van der Waals surface area contributed by atoms with Crippen molar-refractivity contribution in [1.82, 2.24) is 14.9 Å². The monoisotopic (exact) mass is 290 g/mol. The number of hydrogen-bond acceptors (Lipinski definition) is 6. The highest BCUT2D eigenvalue weighted by atomic mass is 15.3. The molecule has 1 aliphatic heterocycles. The van der Waals surface area contributed by atoms with Gasteiger partial charge in [0.05, 0.1) is 0 Å². The van der Waals surface area contributed by atoms with Gasteiger partial charge in [0, 0.05) is 24.1 Å². The SMILES string of the molecule is CCN1CCCC1CNc1nc(C2CC2)nc(NN)c1C. The summed E-state index contributed by atoms with van der Waals surface area (Å²) >= 11 is 0. The first kappa shape index (κ1) is 14.5. The zero-order valence-corrected chi connectivity index (χ0v) is 13.0. The van der Waals surface area contributed by atoms with Crippen LogP contribution in [0.3, 0.4) is 0 Å². The van der Waals surface area contributed by atoms with E-state index >= 15 is 0 Å². The average Bonchev–Trinajstić information content (AvgIpc) is 3.25. The fourth-order valence-corrected chi connectivity index (χ4v) is 3.13. The highest BCUT2D eigenvalue weighted by molar-refractivity contribution is 5.57. The summed E-state index contributed by atoms with van der Waals surface area (Å²) in [6.45, 7) is 7.53. The van der Waals surface area contributed by atoms with Crippen LogP contribution in [-0.2, 0) is 0 Å². The Hall–Kier alpha value is -1.40. The number of likely N-dealkylation sites (N-methyl/N-ethyl adjacent to an activating group) is 1. The molecular weight excluding hydrogens is 264 g/mol. The number of aromatic nitrogens is 2. The van der Waals surface area contributed by atoms with Gasteiger partial charge in [0.1, 0.15) is 17.5 Å². The molecule has 1 unspecified atom stereocenters. The maximum Gasteiger partial charge on any atom is 0.148 e. The Morgan fingerprint density at radius 2 is 2.00 bits per heavy atom. The van der Waals surface area contributed by atoms with Crippen molar-refractivity contribution < 1.29 is 0 Å². The highest BCUT2D eigenvalue weighted by Crippen LogP contribution is 2.39. The van der Waals surface area contributed by atoms with Crippen LogP contribution in [0.25, 0.3) is 0 Å². The van der Waals surface area contributed by atoms with E-state index in [1.165, 1.54) is 32.2 Å². The van der Waals surface area contributed by atoms with Gasteiger partial charge in [-0.15, -0.1) is 0 Å². The lowest BCUT2D eigenvalue weighted by atomic mass is 10.2. The number of rotatable bonds is 6. The van der Waals surface area contributed by atoms with Gasteiger partial charge in [-0.25, -0.2) is 15.8 Å². The minimum atomic E-state index is 0.525. The van der Waals surface area contributed by atoms with Gasteiger partial charge in [-0.3, -0.25) is 4.90 Å². The first-order chi connectivity index (χ1) is 10.2. The third kappa shape index (κ3) is 3.11. The number of hydrogen-bond donors (Lipinski definition) is 3. The summed E-state index contributed by atoms with van der Waals surface area (Å²) in [6.07, 6.45) is 4.95. The molecule has 3 rings (SSSR count). The van der Waals surface area contributed by atoms with Crippen molar-refractivity contribution in [2.45, 2.75) is 51.5 Å². The third-order valence-corrected chi connectivity index (χ3v) is 4.65. The van der Waals surface area contributed by atoms with Crippen LogP contribution in [0.5, 0.6) is 0 Å². The minimum Gasteiger partial charge on any atom is -0.368 e. The van der Waals surface area contributed by atoms with Crippen LogP contribution in [0.2, 0.25) is 0 Å². The van der Waals surface area contributed by atoms with E-state index in [0.717, 1.165) is 36.1 Å². The summed E-state index contributed by atoms with van der Waals surface area (Å²) < 4.78 is 0. The van der Waals surface area contributed by atoms with Gasteiger partial charge in [0.25, 0.3) is 0 Å². The Bertz CT molecular complexity index is 499. The first-order valence-electron chi connectivity index (χ1n) is 8.06.